The Balaban J connectivity index is 2.66. The third-order valence-electron chi connectivity index (χ3n) is 3.51. The predicted octanol–water partition coefficient (Wildman–Crippen LogP) is 1.26. The van der Waals surface area contributed by atoms with E-state index in [1.54, 1.807) is 0 Å². The molecule has 1 aromatic carbocycles. The van der Waals surface area contributed by atoms with Crippen LogP contribution in [0.3, 0.4) is 0 Å². The van der Waals surface area contributed by atoms with Crippen molar-refractivity contribution in [2.45, 2.75) is 25.8 Å². The van der Waals surface area contributed by atoms with E-state index in [0.717, 1.165) is 12.0 Å². The van der Waals surface area contributed by atoms with Crippen molar-refractivity contribution in [3.8, 4) is 0 Å². The Morgan fingerprint density at radius 1 is 1.37 bits per heavy atom. The van der Waals surface area contributed by atoms with Crippen molar-refractivity contribution in [3.63, 3.8) is 0 Å². The van der Waals surface area contributed by atoms with Crippen molar-refractivity contribution in [2.75, 3.05) is 27.2 Å². The molecule has 4 nitrogen and oxygen atoms in total. The van der Waals surface area contributed by atoms with Gasteiger partial charge in [0, 0.05) is 17.6 Å². The van der Waals surface area contributed by atoms with E-state index < -0.39 is 0 Å². The highest BCUT2D eigenvalue weighted by atomic mass is 16.1. The van der Waals surface area contributed by atoms with E-state index in [2.05, 4.69) is 24.1 Å². The second kappa shape index (κ2) is 6.68. The van der Waals surface area contributed by atoms with Crippen LogP contribution in [0.15, 0.2) is 24.3 Å². The third-order valence-corrected chi connectivity index (χ3v) is 3.51. The Kier molecular flexibility index (Phi) is 5.51. The first kappa shape index (κ1) is 15.7. The van der Waals surface area contributed by atoms with Crippen molar-refractivity contribution < 1.29 is 4.79 Å². The summed E-state index contributed by atoms with van der Waals surface area (Å²) in [6.07, 6.45) is 0.796. The molecule has 0 aliphatic heterocycles. The van der Waals surface area contributed by atoms with Crippen molar-refractivity contribution >= 4 is 5.91 Å². The lowest BCUT2D eigenvalue weighted by Gasteiger charge is -2.32. The quantitative estimate of drug-likeness (QED) is 0.812. The number of carbonyl (C=O) groups is 1. The van der Waals surface area contributed by atoms with Gasteiger partial charge in [0.1, 0.15) is 0 Å². The number of nitrogens with zero attached hydrogens (tertiary/aromatic N) is 1. The van der Waals surface area contributed by atoms with Gasteiger partial charge in [0.25, 0.3) is 5.91 Å². The molecule has 1 amide bonds. The first-order valence-electron chi connectivity index (χ1n) is 6.61. The number of likely N-dealkylation sites (N-methyl/N-ethyl adjacent to an activating group) is 1. The molecule has 4 heteroatoms. The maximum absolute atomic E-state index is 12.1. The fraction of sp³-hybridized carbons (Fsp3) is 0.533. The Morgan fingerprint density at radius 2 is 2.05 bits per heavy atom. The summed E-state index contributed by atoms with van der Waals surface area (Å²) in [7, 11) is 4.02. The summed E-state index contributed by atoms with van der Waals surface area (Å²) >= 11 is 0. The predicted molar refractivity (Wildman–Crippen MR) is 79.3 cm³/mol. The van der Waals surface area contributed by atoms with Gasteiger partial charge in [-0.2, -0.15) is 0 Å². The Bertz CT molecular complexity index is 427. The molecule has 1 rings (SSSR count). The number of rotatable bonds is 6. The zero-order valence-corrected chi connectivity index (χ0v) is 12.4. The van der Waals surface area contributed by atoms with Crippen LogP contribution in [-0.4, -0.2) is 43.5 Å². The van der Waals surface area contributed by atoms with Crippen LogP contribution in [0, 0.1) is 0 Å². The molecule has 0 atom stereocenters. The van der Waals surface area contributed by atoms with Gasteiger partial charge in [-0.3, -0.25) is 4.79 Å². The van der Waals surface area contributed by atoms with Crippen LogP contribution in [0.4, 0.5) is 0 Å². The Hall–Kier alpha value is -1.39. The van der Waals surface area contributed by atoms with E-state index in [1.165, 1.54) is 0 Å². The highest BCUT2D eigenvalue weighted by Gasteiger charge is 2.21. The van der Waals surface area contributed by atoms with Gasteiger partial charge in [-0.25, -0.2) is 0 Å². The molecule has 0 saturated heterocycles. The van der Waals surface area contributed by atoms with E-state index in [9.17, 15) is 4.79 Å². The van der Waals surface area contributed by atoms with Gasteiger partial charge in [-0.05, 0) is 58.6 Å². The van der Waals surface area contributed by atoms with Crippen LogP contribution in [0.25, 0.3) is 0 Å². The zero-order chi connectivity index (χ0) is 14.5. The molecule has 1 aromatic rings. The molecule has 0 aliphatic carbocycles. The Morgan fingerprint density at radius 3 is 2.63 bits per heavy atom. The summed E-state index contributed by atoms with van der Waals surface area (Å²) in [6, 6.07) is 7.63. The summed E-state index contributed by atoms with van der Waals surface area (Å²) in [5.41, 5.74) is 7.26. The fourth-order valence-electron chi connectivity index (χ4n) is 1.59. The van der Waals surface area contributed by atoms with Gasteiger partial charge in [0.2, 0.25) is 0 Å². The van der Waals surface area contributed by atoms with E-state index in [4.69, 9.17) is 5.73 Å². The molecule has 0 fully saturated rings. The van der Waals surface area contributed by atoms with Gasteiger partial charge >= 0.3 is 0 Å². The van der Waals surface area contributed by atoms with Crippen LogP contribution in [-0.2, 0) is 6.42 Å². The lowest BCUT2D eigenvalue weighted by Crippen LogP contribution is -2.48. The van der Waals surface area contributed by atoms with Gasteiger partial charge < -0.3 is 16.0 Å². The number of carbonyl (C=O) groups excluding carboxylic acids is 1. The molecule has 0 bridgehead atoms. The number of nitrogens with one attached hydrogen (secondary N) is 1. The van der Waals surface area contributed by atoms with E-state index in [-0.39, 0.29) is 11.4 Å². The average molecular weight is 263 g/mol. The van der Waals surface area contributed by atoms with Crippen LogP contribution in [0.5, 0.6) is 0 Å². The highest BCUT2D eigenvalue weighted by molar-refractivity contribution is 5.94. The summed E-state index contributed by atoms with van der Waals surface area (Å²) in [4.78, 5) is 14.2. The van der Waals surface area contributed by atoms with Crippen LogP contribution >= 0.6 is 0 Å². The van der Waals surface area contributed by atoms with E-state index >= 15 is 0 Å². The number of amides is 1. The normalized spacial score (nSPS) is 11.7. The molecule has 0 aliphatic rings. The minimum atomic E-state index is -0.0650. The van der Waals surface area contributed by atoms with Gasteiger partial charge in [-0.15, -0.1) is 0 Å². The SMILES string of the molecule is CN(C)C(C)(C)CNC(=O)c1cccc(CCN)c1. The number of hydrogen-bond acceptors (Lipinski definition) is 3. The summed E-state index contributed by atoms with van der Waals surface area (Å²) in [6.45, 7) is 5.40. The maximum Gasteiger partial charge on any atom is 0.251 e. The van der Waals surface area contributed by atoms with Gasteiger partial charge in [-0.1, -0.05) is 12.1 Å². The molecule has 19 heavy (non-hydrogen) atoms. The lowest BCUT2D eigenvalue weighted by molar-refractivity contribution is 0.0919. The second-order valence-corrected chi connectivity index (χ2v) is 5.63. The second-order valence-electron chi connectivity index (χ2n) is 5.63. The minimum absolute atomic E-state index is 0.0335. The first-order chi connectivity index (χ1) is 8.86. The van der Waals surface area contributed by atoms with Crippen molar-refractivity contribution in [3.05, 3.63) is 35.4 Å². The molecule has 0 unspecified atom stereocenters. The molecular weight excluding hydrogens is 238 g/mol. The molecule has 106 valence electrons. The number of nitrogens with two attached hydrogens (primary N) is 1. The largest absolute Gasteiger partial charge is 0.350 e. The maximum atomic E-state index is 12.1. The first-order valence-corrected chi connectivity index (χ1v) is 6.61. The Labute approximate surface area is 116 Å². The van der Waals surface area contributed by atoms with E-state index in [0.29, 0.717) is 18.7 Å². The molecule has 0 spiro atoms. The topological polar surface area (TPSA) is 58.4 Å². The third kappa shape index (κ3) is 4.65. The summed E-state index contributed by atoms with van der Waals surface area (Å²) in [5.74, 6) is -0.0335. The molecule has 0 aromatic heterocycles. The highest BCUT2D eigenvalue weighted by Crippen LogP contribution is 2.09. The molecule has 0 heterocycles. The average Bonchev–Trinajstić information content (AvgIpc) is 2.36. The van der Waals surface area contributed by atoms with Crippen molar-refractivity contribution in [1.82, 2.24) is 10.2 Å². The minimum Gasteiger partial charge on any atom is -0.350 e. The smallest absolute Gasteiger partial charge is 0.251 e. The van der Waals surface area contributed by atoms with Crippen molar-refractivity contribution in [2.24, 2.45) is 5.73 Å². The van der Waals surface area contributed by atoms with Crippen molar-refractivity contribution in [1.29, 1.82) is 0 Å². The molecule has 0 radical (unpaired) electrons. The number of benzene rings is 1. The van der Waals surface area contributed by atoms with Gasteiger partial charge in [0.15, 0.2) is 0 Å². The summed E-state index contributed by atoms with van der Waals surface area (Å²) < 4.78 is 0. The fourth-order valence-corrected chi connectivity index (χ4v) is 1.59. The zero-order valence-electron chi connectivity index (χ0n) is 12.4. The standard InChI is InChI=1S/C15H25N3O/c1-15(2,18(3)4)11-17-14(19)13-7-5-6-12(10-13)8-9-16/h5-7,10H,8-9,11,16H2,1-4H3,(H,17,19). The molecule has 3 N–H and O–H groups in total. The van der Waals surface area contributed by atoms with Crippen LogP contribution in [0.1, 0.15) is 29.8 Å². The monoisotopic (exact) mass is 263 g/mol. The van der Waals surface area contributed by atoms with Crippen LogP contribution < -0.4 is 11.1 Å². The van der Waals surface area contributed by atoms with Gasteiger partial charge in [0.05, 0.1) is 0 Å². The molecule has 0 saturated carbocycles. The van der Waals surface area contributed by atoms with Crippen LogP contribution in [0.2, 0.25) is 0 Å². The number of hydrogen-bond donors (Lipinski definition) is 2. The molecular formula is C15H25N3O. The summed E-state index contributed by atoms with van der Waals surface area (Å²) in [5, 5.41) is 2.98. The van der Waals surface area contributed by atoms with E-state index in [1.807, 2.05) is 38.4 Å². The lowest BCUT2D eigenvalue weighted by atomic mass is 10.0.